The molecular weight excluding hydrogens is 236 g/mol. The lowest BCUT2D eigenvalue weighted by Crippen LogP contribution is -2.50. The molecule has 1 aliphatic carbocycles. The molecule has 1 saturated carbocycles. The standard InChI is InChI=1S/C16H30N2O/c1-4-16(9-10-17-11-16)15(19)18-14-8-6-5-7-13(14)12(2)3/h12-14,17H,4-11H2,1-3H3,(H,18,19). The smallest absolute Gasteiger partial charge is 0.227 e. The Hall–Kier alpha value is -0.570. The van der Waals surface area contributed by atoms with Crippen molar-refractivity contribution in [1.29, 1.82) is 0 Å². The third-order valence-corrected chi connectivity index (χ3v) is 5.39. The fourth-order valence-corrected chi connectivity index (χ4v) is 3.86. The van der Waals surface area contributed by atoms with Gasteiger partial charge in [0.2, 0.25) is 5.91 Å². The SMILES string of the molecule is CCC1(C(=O)NC2CCCCC2C(C)C)CCNC1. The maximum atomic E-state index is 12.7. The molecule has 1 amide bonds. The molecule has 3 nitrogen and oxygen atoms in total. The highest BCUT2D eigenvalue weighted by atomic mass is 16.2. The summed E-state index contributed by atoms with van der Waals surface area (Å²) in [5, 5.41) is 6.76. The number of carbonyl (C=O) groups excluding carboxylic acids is 1. The third kappa shape index (κ3) is 3.13. The lowest BCUT2D eigenvalue weighted by molar-refractivity contribution is -0.131. The minimum absolute atomic E-state index is 0.140. The minimum Gasteiger partial charge on any atom is -0.353 e. The van der Waals surface area contributed by atoms with E-state index in [4.69, 9.17) is 0 Å². The zero-order valence-electron chi connectivity index (χ0n) is 12.8. The summed E-state index contributed by atoms with van der Waals surface area (Å²) in [6.07, 6.45) is 6.99. The van der Waals surface area contributed by atoms with Gasteiger partial charge in [-0.2, -0.15) is 0 Å². The second-order valence-electron chi connectivity index (χ2n) is 6.83. The van der Waals surface area contributed by atoms with Crippen LogP contribution in [-0.2, 0) is 4.79 Å². The van der Waals surface area contributed by atoms with Crippen LogP contribution in [0.25, 0.3) is 0 Å². The summed E-state index contributed by atoms with van der Waals surface area (Å²) >= 11 is 0. The molecule has 3 heteroatoms. The summed E-state index contributed by atoms with van der Waals surface area (Å²) in [6.45, 7) is 8.57. The monoisotopic (exact) mass is 266 g/mol. The van der Waals surface area contributed by atoms with Crippen LogP contribution in [0.1, 0.15) is 59.3 Å². The first-order chi connectivity index (χ1) is 9.09. The predicted molar refractivity (Wildman–Crippen MR) is 78.9 cm³/mol. The van der Waals surface area contributed by atoms with Crippen molar-refractivity contribution >= 4 is 5.91 Å². The maximum Gasteiger partial charge on any atom is 0.227 e. The van der Waals surface area contributed by atoms with Crippen LogP contribution in [0.15, 0.2) is 0 Å². The quantitative estimate of drug-likeness (QED) is 0.821. The van der Waals surface area contributed by atoms with E-state index in [1.54, 1.807) is 0 Å². The first-order valence-corrected chi connectivity index (χ1v) is 8.11. The van der Waals surface area contributed by atoms with Gasteiger partial charge < -0.3 is 10.6 Å². The number of hydrogen-bond donors (Lipinski definition) is 2. The maximum absolute atomic E-state index is 12.7. The van der Waals surface area contributed by atoms with Gasteiger partial charge in [-0.1, -0.05) is 33.6 Å². The molecule has 2 N–H and O–H groups in total. The second kappa shape index (κ2) is 6.25. The number of amides is 1. The molecule has 0 aromatic carbocycles. The van der Waals surface area contributed by atoms with Crippen molar-refractivity contribution < 1.29 is 4.79 Å². The van der Waals surface area contributed by atoms with Crippen LogP contribution < -0.4 is 10.6 Å². The minimum atomic E-state index is -0.140. The van der Waals surface area contributed by atoms with Crippen LogP contribution in [-0.4, -0.2) is 25.0 Å². The van der Waals surface area contributed by atoms with Gasteiger partial charge in [0.05, 0.1) is 5.41 Å². The van der Waals surface area contributed by atoms with Crippen molar-refractivity contribution in [2.75, 3.05) is 13.1 Å². The summed E-state index contributed by atoms with van der Waals surface area (Å²) in [6, 6.07) is 0.408. The fourth-order valence-electron chi connectivity index (χ4n) is 3.86. The first kappa shape index (κ1) is 14.8. The van der Waals surface area contributed by atoms with Gasteiger partial charge in [0, 0.05) is 12.6 Å². The van der Waals surface area contributed by atoms with E-state index in [-0.39, 0.29) is 5.41 Å². The Balaban J connectivity index is 2.00. The Bertz CT molecular complexity index is 308. The number of rotatable bonds is 4. The molecule has 1 heterocycles. The van der Waals surface area contributed by atoms with Crippen LogP contribution in [0, 0.1) is 17.3 Å². The van der Waals surface area contributed by atoms with E-state index in [0.717, 1.165) is 25.9 Å². The van der Waals surface area contributed by atoms with Gasteiger partial charge in [-0.15, -0.1) is 0 Å². The Kier molecular flexibility index (Phi) is 4.88. The molecule has 2 rings (SSSR count). The summed E-state index contributed by atoms with van der Waals surface area (Å²) < 4.78 is 0. The van der Waals surface area contributed by atoms with Gasteiger partial charge in [-0.25, -0.2) is 0 Å². The molecule has 1 aliphatic heterocycles. The number of hydrogen-bond acceptors (Lipinski definition) is 2. The fraction of sp³-hybridized carbons (Fsp3) is 0.938. The van der Waals surface area contributed by atoms with E-state index in [0.29, 0.717) is 23.8 Å². The van der Waals surface area contributed by atoms with Crippen molar-refractivity contribution in [2.24, 2.45) is 17.3 Å². The average Bonchev–Trinajstić information content (AvgIpc) is 2.89. The summed E-state index contributed by atoms with van der Waals surface area (Å²) in [4.78, 5) is 12.7. The van der Waals surface area contributed by atoms with Gasteiger partial charge in [0.15, 0.2) is 0 Å². The molecule has 1 saturated heterocycles. The van der Waals surface area contributed by atoms with Crippen LogP contribution in [0.3, 0.4) is 0 Å². The Morgan fingerprint density at radius 2 is 2.11 bits per heavy atom. The topological polar surface area (TPSA) is 41.1 Å². The first-order valence-electron chi connectivity index (χ1n) is 8.11. The molecule has 3 unspecified atom stereocenters. The van der Waals surface area contributed by atoms with Gasteiger partial charge >= 0.3 is 0 Å². The summed E-state index contributed by atoms with van der Waals surface area (Å²) in [7, 11) is 0. The van der Waals surface area contributed by atoms with E-state index in [1.807, 2.05) is 0 Å². The summed E-state index contributed by atoms with van der Waals surface area (Å²) in [5.74, 6) is 1.64. The van der Waals surface area contributed by atoms with Crippen molar-refractivity contribution in [3.05, 3.63) is 0 Å². The molecule has 2 fully saturated rings. The molecule has 0 aromatic heterocycles. The number of nitrogens with one attached hydrogen (secondary N) is 2. The normalized spacial score (nSPS) is 35.6. The van der Waals surface area contributed by atoms with Crippen LogP contribution in [0.5, 0.6) is 0 Å². The predicted octanol–water partition coefficient (Wildman–Crippen LogP) is 2.71. The second-order valence-corrected chi connectivity index (χ2v) is 6.83. The number of carbonyl (C=O) groups is 1. The van der Waals surface area contributed by atoms with E-state index < -0.39 is 0 Å². The Labute approximate surface area is 117 Å². The highest BCUT2D eigenvalue weighted by molar-refractivity contribution is 5.83. The Morgan fingerprint density at radius 3 is 2.68 bits per heavy atom. The lowest BCUT2D eigenvalue weighted by Gasteiger charge is -2.37. The highest BCUT2D eigenvalue weighted by Crippen LogP contribution is 2.33. The Morgan fingerprint density at radius 1 is 1.37 bits per heavy atom. The van der Waals surface area contributed by atoms with Crippen molar-refractivity contribution in [3.63, 3.8) is 0 Å². The van der Waals surface area contributed by atoms with Crippen LogP contribution in [0.2, 0.25) is 0 Å². The zero-order chi connectivity index (χ0) is 13.9. The molecule has 19 heavy (non-hydrogen) atoms. The zero-order valence-corrected chi connectivity index (χ0v) is 12.8. The van der Waals surface area contributed by atoms with Crippen molar-refractivity contribution in [3.8, 4) is 0 Å². The molecule has 110 valence electrons. The molecule has 3 atom stereocenters. The van der Waals surface area contributed by atoms with E-state index in [1.165, 1.54) is 25.7 Å². The summed E-state index contributed by atoms with van der Waals surface area (Å²) in [5.41, 5.74) is -0.140. The van der Waals surface area contributed by atoms with Gasteiger partial charge in [-0.3, -0.25) is 4.79 Å². The third-order valence-electron chi connectivity index (χ3n) is 5.39. The molecule has 2 aliphatic rings. The lowest BCUT2D eigenvalue weighted by atomic mass is 9.76. The molecule has 0 bridgehead atoms. The highest BCUT2D eigenvalue weighted by Gasteiger charge is 2.41. The van der Waals surface area contributed by atoms with Crippen molar-refractivity contribution in [1.82, 2.24) is 10.6 Å². The molecule has 0 spiro atoms. The average molecular weight is 266 g/mol. The van der Waals surface area contributed by atoms with Gasteiger partial charge in [0.25, 0.3) is 0 Å². The van der Waals surface area contributed by atoms with Gasteiger partial charge in [-0.05, 0) is 44.1 Å². The molecule has 0 aromatic rings. The van der Waals surface area contributed by atoms with Crippen molar-refractivity contribution in [2.45, 2.75) is 65.3 Å². The van der Waals surface area contributed by atoms with E-state index >= 15 is 0 Å². The van der Waals surface area contributed by atoms with Crippen LogP contribution in [0.4, 0.5) is 0 Å². The largest absolute Gasteiger partial charge is 0.353 e. The van der Waals surface area contributed by atoms with Crippen LogP contribution >= 0.6 is 0 Å². The van der Waals surface area contributed by atoms with Gasteiger partial charge in [0.1, 0.15) is 0 Å². The molecular formula is C16H30N2O. The van der Waals surface area contributed by atoms with E-state index in [9.17, 15) is 4.79 Å². The van der Waals surface area contributed by atoms with E-state index in [2.05, 4.69) is 31.4 Å². The molecule has 0 radical (unpaired) electrons.